The molecule has 0 unspecified atom stereocenters. The van der Waals surface area contributed by atoms with Crippen molar-refractivity contribution in [3.05, 3.63) is 50.8 Å². The largest absolute Gasteiger partial charge is 0.495 e. The summed E-state index contributed by atoms with van der Waals surface area (Å²) in [5.74, 6) is -0.708. The zero-order valence-electron chi connectivity index (χ0n) is 14.2. The molecule has 0 saturated heterocycles. The number of carbonyl (C=O) groups excluding carboxylic acids is 2. The lowest BCUT2D eigenvalue weighted by Gasteiger charge is -2.06. The van der Waals surface area contributed by atoms with Crippen molar-refractivity contribution in [2.75, 3.05) is 19.5 Å². The molecule has 8 nitrogen and oxygen atoms in total. The summed E-state index contributed by atoms with van der Waals surface area (Å²) < 4.78 is 9.84. The second-order valence-corrected chi connectivity index (χ2v) is 6.49. The molecule has 134 valence electrons. The normalized spacial score (nSPS) is 10.6. The van der Waals surface area contributed by atoms with Gasteiger partial charge in [-0.3, -0.25) is 14.9 Å². The number of carbonyl (C=O) groups is 2. The molecule has 0 atom stereocenters. The van der Waals surface area contributed by atoms with Crippen LogP contribution in [-0.4, -0.2) is 36.1 Å². The van der Waals surface area contributed by atoms with Crippen molar-refractivity contribution in [2.45, 2.75) is 6.92 Å². The van der Waals surface area contributed by atoms with Crippen LogP contribution in [0.3, 0.4) is 0 Å². The Hall–Kier alpha value is -3.20. The fourth-order valence-corrected chi connectivity index (χ4v) is 3.26. The Morgan fingerprint density at radius 1 is 1.27 bits per heavy atom. The molecular weight excluding hydrogens is 358 g/mol. The third-order valence-electron chi connectivity index (χ3n) is 3.74. The molecule has 26 heavy (non-hydrogen) atoms. The van der Waals surface area contributed by atoms with Crippen molar-refractivity contribution in [1.29, 1.82) is 0 Å². The summed E-state index contributed by atoms with van der Waals surface area (Å²) in [6.07, 6.45) is 1.32. The minimum Gasteiger partial charge on any atom is -0.495 e. The fourth-order valence-electron chi connectivity index (χ4n) is 2.46. The van der Waals surface area contributed by atoms with Gasteiger partial charge >= 0.3 is 5.97 Å². The number of para-hydroxylation sites is 1. The van der Waals surface area contributed by atoms with Crippen LogP contribution in [0.25, 0.3) is 10.9 Å². The number of ether oxygens (including phenoxy) is 2. The second-order valence-electron chi connectivity index (χ2n) is 5.28. The van der Waals surface area contributed by atoms with Crippen molar-refractivity contribution in [3.63, 3.8) is 0 Å². The van der Waals surface area contributed by atoms with E-state index in [-0.39, 0.29) is 16.4 Å². The molecule has 3 rings (SSSR count). The summed E-state index contributed by atoms with van der Waals surface area (Å²) in [5, 5.41) is 3.08. The number of methoxy groups -OCH3 is 2. The van der Waals surface area contributed by atoms with Crippen LogP contribution in [0.1, 0.15) is 25.7 Å². The van der Waals surface area contributed by atoms with Crippen molar-refractivity contribution >= 4 is 39.2 Å². The predicted octanol–water partition coefficient (Wildman–Crippen LogP) is 2.34. The van der Waals surface area contributed by atoms with Crippen molar-refractivity contribution < 1.29 is 19.1 Å². The minimum absolute atomic E-state index is 0.0711. The summed E-state index contributed by atoms with van der Waals surface area (Å²) in [5.41, 5.74) is 0.134. The quantitative estimate of drug-likeness (QED) is 0.679. The van der Waals surface area contributed by atoms with Gasteiger partial charge in [0.25, 0.3) is 5.91 Å². The van der Waals surface area contributed by atoms with E-state index >= 15 is 0 Å². The first-order valence-electron chi connectivity index (χ1n) is 7.51. The zero-order valence-corrected chi connectivity index (χ0v) is 15.0. The third-order valence-corrected chi connectivity index (χ3v) is 4.62. The SMILES string of the molecule is COC(=O)c1nc(NC(=O)c2c[nH]c3c(OC)cccc3c2=O)sc1C. The number of aromatic nitrogens is 2. The van der Waals surface area contributed by atoms with E-state index in [1.807, 2.05) is 0 Å². The molecule has 0 spiro atoms. The Morgan fingerprint density at radius 2 is 2.04 bits per heavy atom. The number of nitrogens with zero attached hydrogens (tertiary/aromatic N) is 1. The van der Waals surface area contributed by atoms with Crippen molar-refractivity contribution in [3.8, 4) is 5.75 Å². The molecule has 2 aromatic heterocycles. The molecular formula is C17H15N3O5S. The van der Waals surface area contributed by atoms with Crippen LogP contribution < -0.4 is 15.5 Å². The Kier molecular flexibility index (Phi) is 4.72. The zero-order chi connectivity index (χ0) is 18.8. The molecule has 0 radical (unpaired) electrons. The Bertz CT molecular complexity index is 1070. The predicted molar refractivity (Wildman–Crippen MR) is 97.3 cm³/mol. The van der Waals surface area contributed by atoms with E-state index < -0.39 is 17.3 Å². The highest BCUT2D eigenvalue weighted by Gasteiger charge is 2.19. The van der Waals surface area contributed by atoms with Gasteiger partial charge in [0, 0.05) is 11.1 Å². The number of fused-ring (bicyclic) bond motifs is 1. The van der Waals surface area contributed by atoms with Gasteiger partial charge in [0.05, 0.1) is 25.1 Å². The average Bonchev–Trinajstić information content (AvgIpc) is 3.01. The highest BCUT2D eigenvalue weighted by Crippen LogP contribution is 2.24. The molecule has 0 fully saturated rings. The van der Waals surface area contributed by atoms with Gasteiger partial charge in [-0.2, -0.15) is 0 Å². The summed E-state index contributed by atoms with van der Waals surface area (Å²) >= 11 is 1.12. The van der Waals surface area contributed by atoms with E-state index in [1.165, 1.54) is 20.4 Å². The lowest BCUT2D eigenvalue weighted by Crippen LogP contribution is -2.22. The van der Waals surface area contributed by atoms with Gasteiger partial charge in [0.1, 0.15) is 11.3 Å². The van der Waals surface area contributed by atoms with Gasteiger partial charge in [0.15, 0.2) is 10.8 Å². The van der Waals surface area contributed by atoms with Gasteiger partial charge in [-0.05, 0) is 19.1 Å². The van der Waals surface area contributed by atoms with E-state index in [2.05, 4.69) is 20.0 Å². The molecule has 3 aromatic rings. The van der Waals surface area contributed by atoms with E-state index in [0.29, 0.717) is 21.5 Å². The molecule has 0 saturated carbocycles. The molecule has 0 aliphatic heterocycles. The second kappa shape index (κ2) is 6.96. The van der Waals surface area contributed by atoms with Crippen LogP contribution in [0.4, 0.5) is 5.13 Å². The van der Waals surface area contributed by atoms with Crippen LogP contribution in [0.5, 0.6) is 5.75 Å². The highest BCUT2D eigenvalue weighted by molar-refractivity contribution is 7.16. The van der Waals surface area contributed by atoms with Crippen LogP contribution in [-0.2, 0) is 4.74 Å². The summed E-state index contributed by atoms with van der Waals surface area (Å²) in [6, 6.07) is 4.99. The lowest BCUT2D eigenvalue weighted by atomic mass is 10.1. The molecule has 1 amide bonds. The summed E-state index contributed by atoms with van der Waals surface area (Å²) in [7, 11) is 2.75. The average molecular weight is 373 g/mol. The molecule has 0 aliphatic carbocycles. The monoisotopic (exact) mass is 373 g/mol. The number of hydrogen-bond acceptors (Lipinski definition) is 7. The minimum atomic E-state index is -0.624. The summed E-state index contributed by atoms with van der Waals surface area (Å²) in [4.78, 5) is 44.3. The molecule has 9 heteroatoms. The van der Waals surface area contributed by atoms with Gasteiger partial charge in [-0.25, -0.2) is 9.78 Å². The highest BCUT2D eigenvalue weighted by atomic mass is 32.1. The van der Waals surface area contributed by atoms with Crippen molar-refractivity contribution in [1.82, 2.24) is 9.97 Å². The van der Waals surface area contributed by atoms with Crippen LogP contribution in [0.2, 0.25) is 0 Å². The Labute approximate surface area is 151 Å². The maximum atomic E-state index is 12.6. The number of benzene rings is 1. The smallest absolute Gasteiger partial charge is 0.357 e. The van der Waals surface area contributed by atoms with Crippen LogP contribution in [0.15, 0.2) is 29.2 Å². The Morgan fingerprint density at radius 3 is 2.73 bits per heavy atom. The Balaban J connectivity index is 1.95. The van der Waals surface area contributed by atoms with Gasteiger partial charge in [-0.1, -0.05) is 6.07 Å². The van der Waals surface area contributed by atoms with Crippen LogP contribution in [0, 0.1) is 6.92 Å². The van der Waals surface area contributed by atoms with E-state index in [4.69, 9.17) is 4.74 Å². The first-order chi connectivity index (χ1) is 12.5. The van der Waals surface area contributed by atoms with Gasteiger partial charge in [0.2, 0.25) is 5.43 Å². The number of amides is 1. The number of aryl methyl sites for hydroxylation is 1. The number of H-pyrrole nitrogens is 1. The van der Waals surface area contributed by atoms with E-state index in [1.54, 1.807) is 25.1 Å². The molecule has 2 heterocycles. The third kappa shape index (κ3) is 3.04. The maximum absolute atomic E-state index is 12.6. The molecule has 0 bridgehead atoms. The molecule has 2 N–H and O–H groups in total. The van der Waals surface area contributed by atoms with Gasteiger partial charge < -0.3 is 14.5 Å². The first kappa shape index (κ1) is 17.6. The first-order valence-corrected chi connectivity index (χ1v) is 8.33. The molecule has 1 aromatic carbocycles. The standard InChI is InChI=1S/C17H15N3O5S/c1-8-12(16(23)25-3)19-17(26-8)20-15(22)10-7-18-13-9(14(10)21)5-4-6-11(13)24-2/h4-7H,1-3H3,(H,18,21)(H,19,20,22). The van der Waals surface area contributed by atoms with Crippen LogP contribution >= 0.6 is 11.3 Å². The number of hydrogen-bond donors (Lipinski definition) is 2. The summed E-state index contributed by atoms with van der Waals surface area (Å²) in [6.45, 7) is 1.69. The van der Waals surface area contributed by atoms with Crippen molar-refractivity contribution in [2.24, 2.45) is 0 Å². The van der Waals surface area contributed by atoms with Gasteiger partial charge in [-0.15, -0.1) is 11.3 Å². The lowest BCUT2D eigenvalue weighted by molar-refractivity contribution is 0.0594. The number of rotatable bonds is 4. The van der Waals surface area contributed by atoms with E-state index in [9.17, 15) is 14.4 Å². The number of esters is 1. The fraction of sp³-hybridized carbons (Fsp3) is 0.176. The maximum Gasteiger partial charge on any atom is 0.357 e. The number of pyridine rings is 1. The van der Waals surface area contributed by atoms with E-state index in [0.717, 1.165) is 11.3 Å². The number of anilines is 1. The number of nitrogens with one attached hydrogen (secondary N) is 2. The number of aromatic amines is 1. The molecule has 0 aliphatic rings. The topological polar surface area (TPSA) is 110 Å². The number of thiazole rings is 1.